The molecule has 8 nitrogen and oxygen atoms in total. The highest BCUT2D eigenvalue weighted by atomic mass is 32.2. The minimum Gasteiger partial charge on any atom is -0.497 e. The lowest BCUT2D eigenvalue weighted by Crippen LogP contribution is -2.52. The van der Waals surface area contributed by atoms with E-state index >= 15 is 0 Å². The van der Waals surface area contributed by atoms with Crippen molar-refractivity contribution in [2.45, 2.75) is 45.8 Å². The van der Waals surface area contributed by atoms with Crippen LogP contribution in [0.4, 0.5) is 5.69 Å². The summed E-state index contributed by atoms with van der Waals surface area (Å²) >= 11 is 0. The standard InChI is InChI=1S/C24H33N3O5S/c1-6-18(2)25-24(29)19(3)26(16-20-11-10-14-22(15-20)32-4)23(28)17-27(33(5,30)31)21-12-8-7-9-13-21/h7-15,18-19H,6,16-17H2,1-5H3,(H,25,29)/t18-,19-/m1/s1. The normalized spacial score (nSPS) is 13.0. The van der Waals surface area contributed by atoms with Crippen LogP contribution in [0.1, 0.15) is 32.8 Å². The Hall–Kier alpha value is -3.07. The molecule has 0 heterocycles. The Morgan fingerprint density at radius 3 is 2.30 bits per heavy atom. The van der Waals surface area contributed by atoms with E-state index in [1.807, 2.05) is 19.9 Å². The summed E-state index contributed by atoms with van der Waals surface area (Å²) in [5.74, 6) is -0.163. The maximum atomic E-state index is 13.4. The maximum absolute atomic E-state index is 13.4. The van der Waals surface area contributed by atoms with Crippen LogP contribution in [0.3, 0.4) is 0 Å². The van der Waals surface area contributed by atoms with Gasteiger partial charge in [0.15, 0.2) is 0 Å². The topological polar surface area (TPSA) is 96.0 Å². The van der Waals surface area contributed by atoms with E-state index in [-0.39, 0.29) is 18.5 Å². The molecule has 180 valence electrons. The summed E-state index contributed by atoms with van der Waals surface area (Å²) in [5.41, 5.74) is 1.14. The van der Waals surface area contributed by atoms with Gasteiger partial charge in [0.25, 0.3) is 0 Å². The predicted octanol–water partition coefficient (Wildman–Crippen LogP) is 2.79. The third-order valence-electron chi connectivity index (χ3n) is 5.38. The van der Waals surface area contributed by atoms with Gasteiger partial charge in [0, 0.05) is 12.6 Å². The Bertz CT molecular complexity index is 1040. The van der Waals surface area contributed by atoms with Crippen LogP contribution in [0, 0.1) is 0 Å². The molecule has 0 saturated carbocycles. The number of benzene rings is 2. The van der Waals surface area contributed by atoms with E-state index in [0.717, 1.165) is 22.5 Å². The molecular weight excluding hydrogens is 442 g/mol. The first-order chi connectivity index (χ1) is 15.6. The molecule has 0 aromatic heterocycles. The molecule has 2 aromatic rings. The van der Waals surface area contributed by atoms with Gasteiger partial charge in [-0.15, -0.1) is 0 Å². The van der Waals surface area contributed by atoms with E-state index < -0.39 is 28.5 Å². The van der Waals surface area contributed by atoms with Gasteiger partial charge in [-0.25, -0.2) is 8.42 Å². The summed E-state index contributed by atoms with van der Waals surface area (Å²) in [5, 5.41) is 2.90. The third kappa shape index (κ3) is 7.49. The zero-order chi connectivity index (χ0) is 24.6. The Morgan fingerprint density at radius 1 is 1.06 bits per heavy atom. The summed E-state index contributed by atoms with van der Waals surface area (Å²) in [7, 11) is -2.18. The second-order valence-corrected chi connectivity index (χ2v) is 9.88. The van der Waals surface area contributed by atoms with E-state index in [2.05, 4.69) is 5.32 Å². The van der Waals surface area contributed by atoms with Gasteiger partial charge >= 0.3 is 0 Å². The zero-order valence-corrected chi connectivity index (χ0v) is 20.6. The van der Waals surface area contributed by atoms with Crippen LogP contribution in [0.25, 0.3) is 0 Å². The lowest BCUT2D eigenvalue weighted by Gasteiger charge is -2.32. The number of para-hydroxylation sites is 1. The molecule has 2 rings (SSSR count). The number of nitrogens with zero attached hydrogens (tertiary/aromatic N) is 2. The maximum Gasteiger partial charge on any atom is 0.244 e. The molecule has 0 bridgehead atoms. The van der Waals surface area contributed by atoms with Crippen LogP contribution in [0.15, 0.2) is 54.6 Å². The summed E-state index contributed by atoms with van der Waals surface area (Å²) in [6.07, 6.45) is 1.80. The van der Waals surface area contributed by atoms with Crippen LogP contribution in [0.2, 0.25) is 0 Å². The van der Waals surface area contributed by atoms with E-state index in [1.54, 1.807) is 62.6 Å². The fraction of sp³-hybridized carbons (Fsp3) is 0.417. The second kappa shape index (κ2) is 11.7. The number of hydrogen-bond donors (Lipinski definition) is 1. The average Bonchev–Trinajstić information content (AvgIpc) is 2.80. The third-order valence-corrected chi connectivity index (χ3v) is 6.52. The molecule has 0 fully saturated rings. The molecule has 0 radical (unpaired) electrons. The van der Waals surface area contributed by atoms with Crippen molar-refractivity contribution in [3.8, 4) is 5.75 Å². The van der Waals surface area contributed by atoms with Crippen molar-refractivity contribution in [1.29, 1.82) is 0 Å². The Kier molecular flexibility index (Phi) is 9.28. The highest BCUT2D eigenvalue weighted by molar-refractivity contribution is 7.92. The molecule has 0 aliphatic rings. The molecule has 33 heavy (non-hydrogen) atoms. The first-order valence-corrected chi connectivity index (χ1v) is 12.7. The van der Waals surface area contributed by atoms with E-state index in [1.165, 1.54) is 4.90 Å². The van der Waals surface area contributed by atoms with Gasteiger partial charge in [-0.1, -0.05) is 37.3 Å². The van der Waals surface area contributed by atoms with E-state index in [4.69, 9.17) is 4.74 Å². The average molecular weight is 476 g/mol. The summed E-state index contributed by atoms with van der Waals surface area (Å²) in [6.45, 7) is 5.19. The first-order valence-electron chi connectivity index (χ1n) is 10.8. The highest BCUT2D eigenvalue weighted by Crippen LogP contribution is 2.20. The van der Waals surface area contributed by atoms with Crippen molar-refractivity contribution in [1.82, 2.24) is 10.2 Å². The van der Waals surface area contributed by atoms with Gasteiger partial charge < -0.3 is 15.0 Å². The number of rotatable bonds is 11. The number of carbonyl (C=O) groups excluding carboxylic acids is 2. The van der Waals surface area contributed by atoms with Crippen molar-refractivity contribution in [2.75, 3.05) is 24.2 Å². The summed E-state index contributed by atoms with van der Waals surface area (Å²) in [6, 6.07) is 14.8. The first kappa shape index (κ1) is 26.2. The fourth-order valence-corrected chi connectivity index (χ4v) is 4.07. The molecule has 2 amide bonds. The molecule has 0 saturated heterocycles. The minimum atomic E-state index is -3.73. The number of hydrogen-bond acceptors (Lipinski definition) is 5. The lowest BCUT2D eigenvalue weighted by atomic mass is 10.1. The number of amides is 2. The van der Waals surface area contributed by atoms with Crippen molar-refractivity contribution >= 4 is 27.5 Å². The predicted molar refractivity (Wildman–Crippen MR) is 130 cm³/mol. The van der Waals surface area contributed by atoms with Crippen LogP contribution in [-0.4, -0.2) is 57.1 Å². The molecule has 0 unspecified atom stereocenters. The Labute approximate surface area is 196 Å². The van der Waals surface area contributed by atoms with Crippen molar-refractivity contribution in [2.24, 2.45) is 0 Å². The molecule has 2 atom stereocenters. The molecule has 0 aliphatic heterocycles. The number of ether oxygens (including phenoxy) is 1. The van der Waals surface area contributed by atoms with Crippen molar-refractivity contribution < 1.29 is 22.7 Å². The fourth-order valence-electron chi connectivity index (χ4n) is 3.22. The molecule has 2 aromatic carbocycles. The van der Waals surface area contributed by atoms with Gasteiger partial charge in [0.05, 0.1) is 19.1 Å². The van der Waals surface area contributed by atoms with Crippen molar-refractivity contribution in [3.63, 3.8) is 0 Å². The summed E-state index contributed by atoms with van der Waals surface area (Å²) in [4.78, 5) is 27.7. The Balaban J connectivity index is 2.37. The number of sulfonamides is 1. The number of methoxy groups -OCH3 is 1. The van der Waals surface area contributed by atoms with E-state index in [9.17, 15) is 18.0 Å². The molecule has 9 heteroatoms. The minimum absolute atomic E-state index is 0.0504. The molecule has 0 spiro atoms. The SMILES string of the molecule is CC[C@@H](C)NC(=O)[C@@H](C)N(Cc1cccc(OC)c1)C(=O)CN(c1ccccc1)S(C)(=O)=O. The van der Waals surface area contributed by atoms with Crippen molar-refractivity contribution in [3.05, 3.63) is 60.2 Å². The Morgan fingerprint density at radius 2 is 1.73 bits per heavy atom. The monoisotopic (exact) mass is 475 g/mol. The zero-order valence-electron chi connectivity index (χ0n) is 19.8. The van der Waals surface area contributed by atoms with Crippen LogP contribution in [0.5, 0.6) is 5.75 Å². The number of nitrogens with one attached hydrogen (secondary N) is 1. The smallest absolute Gasteiger partial charge is 0.244 e. The second-order valence-electron chi connectivity index (χ2n) is 7.97. The number of anilines is 1. The quantitative estimate of drug-likeness (QED) is 0.539. The molecule has 0 aliphatic carbocycles. The number of carbonyl (C=O) groups is 2. The van der Waals surface area contributed by atoms with Gasteiger partial charge in [0.2, 0.25) is 21.8 Å². The van der Waals surface area contributed by atoms with Crippen LogP contribution in [-0.2, 0) is 26.2 Å². The van der Waals surface area contributed by atoms with Crippen LogP contribution < -0.4 is 14.4 Å². The summed E-state index contributed by atoms with van der Waals surface area (Å²) < 4.78 is 31.3. The molecular formula is C24H33N3O5S. The van der Waals surface area contributed by atoms with Gasteiger partial charge in [0.1, 0.15) is 18.3 Å². The van der Waals surface area contributed by atoms with Gasteiger partial charge in [-0.05, 0) is 50.1 Å². The van der Waals surface area contributed by atoms with E-state index in [0.29, 0.717) is 11.4 Å². The highest BCUT2D eigenvalue weighted by Gasteiger charge is 2.30. The van der Waals surface area contributed by atoms with Crippen LogP contribution >= 0.6 is 0 Å². The largest absolute Gasteiger partial charge is 0.497 e. The molecule has 1 N–H and O–H groups in total. The lowest BCUT2D eigenvalue weighted by molar-refractivity contribution is -0.139. The van der Waals surface area contributed by atoms with Gasteiger partial charge in [-0.3, -0.25) is 13.9 Å². The van der Waals surface area contributed by atoms with Gasteiger partial charge in [-0.2, -0.15) is 0 Å².